The number of alkyl halides is 1. The topological polar surface area (TPSA) is 9.23 Å². The van der Waals surface area contributed by atoms with Crippen molar-refractivity contribution in [2.45, 2.75) is 83.5 Å². The number of halogens is 1. The van der Waals surface area contributed by atoms with Crippen LogP contribution in [0.4, 0.5) is 0 Å². The average Bonchev–Trinajstić information content (AvgIpc) is 2.46. The van der Waals surface area contributed by atoms with Crippen molar-refractivity contribution in [2.75, 3.05) is 17.6 Å². The van der Waals surface area contributed by atoms with Gasteiger partial charge in [0.05, 0.1) is 0 Å². The molecule has 0 saturated heterocycles. The van der Waals surface area contributed by atoms with E-state index in [2.05, 4.69) is 22.6 Å². The Balaban J connectivity index is 1.71. The highest BCUT2D eigenvalue weighted by atomic mass is 127. The fraction of sp³-hybridized carbons (Fsp3) is 1.00. The lowest BCUT2D eigenvalue weighted by Crippen LogP contribution is -2.13. The first-order chi connectivity index (χ1) is 9.43. The molecule has 114 valence electrons. The second-order valence-electron chi connectivity index (χ2n) is 6.10. The molecule has 0 atom stereocenters. The average molecular weight is 380 g/mol. The van der Waals surface area contributed by atoms with Crippen LogP contribution in [-0.2, 0) is 4.74 Å². The molecular weight excluding hydrogens is 347 g/mol. The van der Waals surface area contributed by atoms with Crippen LogP contribution in [0.25, 0.3) is 0 Å². The SMILES string of the molecule is ICCCCCCCCCCOCC1CCCCC1. The van der Waals surface area contributed by atoms with E-state index in [9.17, 15) is 0 Å². The van der Waals surface area contributed by atoms with Crippen LogP contribution < -0.4 is 0 Å². The van der Waals surface area contributed by atoms with Gasteiger partial charge in [-0.05, 0) is 36.0 Å². The molecule has 0 spiro atoms. The summed E-state index contributed by atoms with van der Waals surface area (Å²) in [6, 6.07) is 0. The summed E-state index contributed by atoms with van der Waals surface area (Å²) < 4.78 is 7.16. The summed E-state index contributed by atoms with van der Waals surface area (Å²) in [5, 5.41) is 0. The largest absolute Gasteiger partial charge is 0.381 e. The van der Waals surface area contributed by atoms with Gasteiger partial charge < -0.3 is 4.74 Å². The first kappa shape index (κ1) is 17.7. The van der Waals surface area contributed by atoms with E-state index < -0.39 is 0 Å². The Hall–Kier alpha value is 0.690. The van der Waals surface area contributed by atoms with Gasteiger partial charge in [0.15, 0.2) is 0 Å². The maximum Gasteiger partial charge on any atom is 0.0494 e. The zero-order valence-corrected chi connectivity index (χ0v) is 14.8. The third-order valence-electron chi connectivity index (χ3n) is 4.25. The Bertz CT molecular complexity index is 178. The Morgan fingerprint density at radius 2 is 1.32 bits per heavy atom. The smallest absolute Gasteiger partial charge is 0.0494 e. The van der Waals surface area contributed by atoms with Crippen molar-refractivity contribution in [1.82, 2.24) is 0 Å². The van der Waals surface area contributed by atoms with Crippen LogP contribution in [0.15, 0.2) is 0 Å². The van der Waals surface area contributed by atoms with Gasteiger partial charge in [-0.1, -0.05) is 80.4 Å². The van der Waals surface area contributed by atoms with E-state index in [0.717, 1.165) is 19.1 Å². The number of hydrogen-bond acceptors (Lipinski definition) is 1. The molecule has 1 fully saturated rings. The van der Waals surface area contributed by atoms with Crippen molar-refractivity contribution in [2.24, 2.45) is 5.92 Å². The highest BCUT2D eigenvalue weighted by molar-refractivity contribution is 14.1. The van der Waals surface area contributed by atoms with Gasteiger partial charge in [-0.15, -0.1) is 0 Å². The molecule has 19 heavy (non-hydrogen) atoms. The molecule has 0 aromatic carbocycles. The van der Waals surface area contributed by atoms with Gasteiger partial charge in [0.25, 0.3) is 0 Å². The molecule has 0 aromatic rings. The van der Waals surface area contributed by atoms with Crippen molar-refractivity contribution in [1.29, 1.82) is 0 Å². The van der Waals surface area contributed by atoms with Gasteiger partial charge in [-0.2, -0.15) is 0 Å². The van der Waals surface area contributed by atoms with Crippen LogP contribution in [0.3, 0.4) is 0 Å². The monoisotopic (exact) mass is 380 g/mol. The fourth-order valence-corrected chi connectivity index (χ4v) is 3.50. The number of unbranched alkanes of at least 4 members (excludes halogenated alkanes) is 7. The molecule has 0 heterocycles. The van der Waals surface area contributed by atoms with Crippen molar-refractivity contribution in [3.05, 3.63) is 0 Å². The first-order valence-corrected chi connectivity index (χ1v) is 10.1. The molecule has 2 heteroatoms. The van der Waals surface area contributed by atoms with E-state index in [1.165, 1.54) is 87.9 Å². The lowest BCUT2D eigenvalue weighted by atomic mass is 9.90. The second kappa shape index (κ2) is 13.7. The summed E-state index contributed by atoms with van der Waals surface area (Å²) in [7, 11) is 0. The normalized spacial score (nSPS) is 16.9. The second-order valence-corrected chi connectivity index (χ2v) is 7.18. The molecule has 1 rings (SSSR count). The van der Waals surface area contributed by atoms with E-state index in [1.807, 2.05) is 0 Å². The highest BCUT2D eigenvalue weighted by Gasteiger charge is 2.12. The molecule has 1 saturated carbocycles. The van der Waals surface area contributed by atoms with Gasteiger partial charge >= 0.3 is 0 Å². The van der Waals surface area contributed by atoms with E-state index in [4.69, 9.17) is 4.74 Å². The molecule has 0 aliphatic heterocycles. The molecule has 0 unspecified atom stereocenters. The standard InChI is InChI=1S/C17H33IO/c18-14-10-5-3-1-2-4-6-11-15-19-16-17-12-8-7-9-13-17/h17H,1-16H2. The third kappa shape index (κ3) is 11.1. The summed E-state index contributed by atoms with van der Waals surface area (Å²) in [6.07, 6.45) is 18.4. The van der Waals surface area contributed by atoms with Gasteiger partial charge in [-0.3, -0.25) is 0 Å². The summed E-state index contributed by atoms with van der Waals surface area (Å²) in [5.41, 5.74) is 0. The highest BCUT2D eigenvalue weighted by Crippen LogP contribution is 2.23. The molecule has 0 radical (unpaired) electrons. The maximum absolute atomic E-state index is 5.83. The predicted octanol–water partition coefficient (Wildman–Crippen LogP) is 6.14. The van der Waals surface area contributed by atoms with Crippen LogP contribution in [0.1, 0.15) is 83.5 Å². The lowest BCUT2D eigenvalue weighted by Gasteiger charge is -2.21. The van der Waals surface area contributed by atoms with Gasteiger partial charge in [0.2, 0.25) is 0 Å². The minimum atomic E-state index is 0.881. The molecular formula is C17H33IO. The molecule has 0 aromatic heterocycles. The molecule has 0 N–H and O–H groups in total. The number of hydrogen-bond donors (Lipinski definition) is 0. The molecule has 1 nitrogen and oxygen atoms in total. The minimum absolute atomic E-state index is 0.881. The van der Waals surface area contributed by atoms with Crippen molar-refractivity contribution in [3.63, 3.8) is 0 Å². The van der Waals surface area contributed by atoms with Gasteiger partial charge in [-0.25, -0.2) is 0 Å². The molecule has 0 amide bonds. The zero-order chi connectivity index (χ0) is 13.6. The van der Waals surface area contributed by atoms with Crippen molar-refractivity contribution < 1.29 is 4.74 Å². The first-order valence-electron chi connectivity index (χ1n) is 8.57. The van der Waals surface area contributed by atoms with E-state index in [-0.39, 0.29) is 0 Å². The van der Waals surface area contributed by atoms with Crippen LogP contribution in [-0.4, -0.2) is 17.6 Å². The van der Waals surface area contributed by atoms with Crippen molar-refractivity contribution in [3.8, 4) is 0 Å². The Morgan fingerprint density at radius 3 is 1.95 bits per heavy atom. The Labute approximate surface area is 134 Å². The molecule has 1 aliphatic rings. The van der Waals surface area contributed by atoms with Crippen LogP contribution in [0.2, 0.25) is 0 Å². The molecule has 0 bridgehead atoms. The van der Waals surface area contributed by atoms with Crippen LogP contribution in [0.5, 0.6) is 0 Å². The molecule has 1 aliphatic carbocycles. The predicted molar refractivity (Wildman–Crippen MR) is 93.2 cm³/mol. The van der Waals surface area contributed by atoms with Gasteiger partial charge in [0, 0.05) is 13.2 Å². The van der Waals surface area contributed by atoms with Gasteiger partial charge in [0.1, 0.15) is 0 Å². The quantitative estimate of drug-likeness (QED) is 0.225. The van der Waals surface area contributed by atoms with Crippen molar-refractivity contribution >= 4 is 22.6 Å². The summed E-state index contributed by atoms with van der Waals surface area (Å²) in [6.45, 7) is 2.04. The van der Waals surface area contributed by atoms with Crippen LogP contribution >= 0.6 is 22.6 Å². The Kier molecular flexibility index (Phi) is 12.8. The summed E-state index contributed by atoms with van der Waals surface area (Å²) in [4.78, 5) is 0. The summed E-state index contributed by atoms with van der Waals surface area (Å²) in [5.74, 6) is 0.881. The van der Waals surface area contributed by atoms with E-state index in [0.29, 0.717) is 0 Å². The Morgan fingerprint density at radius 1 is 0.737 bits per heavy atom. The fourth-order valence-electron chi connectivity index (χ4n) is 2.96. The third-order valence-corrected chi connectivity index (χ3v) is 5.01. The van der Waals surface area contributed by atoms with E-state index >= 15 is 0 Å². The summed E-state index contributed by atoms with van der Waals surface area (Å²) >= 11 is 2.48. The maximum atomic E-state index is 5.83. The van der Waals surface area contributed by atoms with E-state index in [1.54, 1.807) is 0 Å². The number of ether oxygens (including phenoxy) is 1. The minimum Gasteiger partial charge on any atom is -0.381 e. The lowest BCUT2D eigenvalue weighted by molar-refractivity contribution is 0.0824. The number of rotatable bonds is 12. The van der Waals surface area contributed by atoms with Crippen LogP contribution in [0, 0.1) is 5.92 Å². The zero-order valence-electron chi connectivity index (χ0n) is 12.7.